The van der Waals surface area contributed by atoms with Gasteiger partial charge in [0.25, 0.3) is 5.56 Å². The van der Waals surface area contributed by atoms with Crippen molar-refractivity contribution in [1.29, 1.82) is 0 Å². The van der Waals surface area contributed by atoms with Crippen LogP contribution in [0.3, 0.4) is 0 Å². The third-order valence-electron chi connectivity index (χ3n) is 3.67. The molecule has 2 N–H and O–H groups in total. The van der Waals surface area contributed by atoms with Crippen LogP contribution in [0.15, 0.2) is 57.4 Å². The third kappa shape index (κ3) is 2.42. The summed E-state index contributed by atoms with van der Waals surface area (Å²) in [6, 6.07) is 10.9. The Morgan fingerprint density at radius 3 is 2.71 bits per heavy atom. The quantitative estimate of drug-likeness (QED) is 0.511. The highest BCUT2D eigenvalue weighted by molar-refractivity contribution is 9.10. The number of thiophene rings is 1. The highest BCUT2D eigenvalue weighted by atomic mass is 79.9. The predicted octanol–water partition coefficient (Wildman–Crippen LogP) is 3.97. The lowest BCUT2D eigenvalue weighted by Crippen LogP contribution is -2.06. The SMILES string of the molecule is O=C(c1ccccc1)c1[nH]c2nc[nH]c(=O)c2c1-c1cc(Br)cs1. The second kappa shape index (κ2) is 5.85. The van der Waals surface area contributed by atoms with Crippen LogP contribution in [0.1, 0.15) is 16.1 Å². The smallest absolute Gasteiger partial charge is 0.260 e. The fourth-order valence-corrected chi connectivity index (χ4v) is 4.11. The van der Waals surface area contributed by atoms with Crippen LogP contribution in [0, 0.1) is 0 Å². The summed E-state index contributed by atoms with van der Waals surface area (Å²) < 4.78 is 0.898. The van der Waals surface area contributed by atoms with Gasteiger partial charge in [0.15, 0.2) is 0 Å². The van der Waals surface area contributed by atoms with Crippen molar-refractivity contribution < 1.29 is 4.79 Å². The van der Waals surface area contributed by atoms with Crippen LogP contribution < -0.4 is 5.56 Å². The van der Waals surface area contributed by atoms with E-state index in [1.54, 1.807) is 12.1 Å². The summed E-state index contributed by atoms with van der Waals surface area (Å²) in [6.07, 6.45) is 1.33. The van der Waals surface area contributed by atoms with E-state index in [2.05, 4.69) is 30.9 Å². The normalized spacial score (nSPS) is 11.0. The van der Waals surface area contributed by atoms with Crippen molar-refractivity contribution in [2.45, 2.75) is 0 Å². The molecule has 24 heavy (non-hydrogen) atoms. The van der Waals surface area contributed by atoms with Crippen molar-refractivity contribution >= 4 is 44.1 Å². The summed E-state index contributed by atoms with van der Waals surface area (Å²) in [6.45, 7) is 0. The zero-order valence-corrected chi connectivity index (χ0v) is 14.6. The highest BCUT2D eigenvalue weighted by Crippen LogP contribution is 2.36. The van der Waals surface area contributed by atoms with Gasteiger partial charge in [0.05, 0.1) is 17.4 Å². The van der Waals surface area contributed by atoms with Crippen molar-refractivity contribution in [3.8, 4) is 10.4 Å². The number of H-pyrrole nitrogens is 2. The number of halogens is 1. The summed E-state index contributed by atoms with van der Waals surface area (Å²) in [5, 5.41) is 2.31. The van der Waals surface area contributed by atoms with Crippen LogP contribution in [-0.4, -0.2) is 20.7 Å². The zero-order valence-electron chi connectivity index (χ0n) is 12.2. The standard InChI is InChI=1S/C17H10BrN3O2S/c18-10-6-11(24-7-10)12-13-16(19-8-20-17(13)23)21-14(12)15(22)9-4-2-1-3-5-9/h1-8H,(H2,19,20,21,23). The van der Waals surface area contributed by atoms with Gasteiger partial charge >= 0.3 is 0 Å². The minimum Gasteiger partial charge on any atom is -0.336 e. The van der Waals surface area contributed by atoms with Crippen LogP contribution in [0.2, 0.25) is 0 Å². The molecule has 0 amide bonds. The number of nitrogens with zero attached hydrogens (tertiary/aromatic N) is 1. The largest absolute Gasteiger partial charge is 0.336 e. The van der Waals surface area contributed by atoms with Crippen molar-refractivity contribution in [3.63, 3.8) is 0 Å². The lowest BCUT2D eigenvalue weighted by atomic mass is 10.0. The molecular weight excluding hydrogens is 390 g/mol. The molecule has 0 fully saturated rings. The molecule has 0 saturated heterocycles. The maximum absolute atomic E-state index is 12.9. The summed E-state index contributed by atoms with van der Waals surface area (Å²) in [7, 11) is 0. The van der Waals surface area contributed by atoms with Gasteiger partial charge in [0.2, 0.25) is 5.78 Å². The molecule has 7 heteroatoms. The number of ketones is 1. The lowest BCUT2D eigenvalue weighted by Gasteiger charge is -2.02. The van der Waals surface area contributed by atoms with Crippen molar-refractivity contribution in [3.05, 3.63) is 74.2 Å². The van der Waals surface area contributed by atoms with Gasteiger partial charge < -0.3 is 9.97 Å². The van der Waals surface area contributed by atoms with E-state index in [1.165, 1.54) is 17.7 Å². The van der Waals surface area contributed by atoms with Gasteiger partial charge in [-0.25, -0.2) is 4.98 Å². The van der Waals surface area contributed by atoms with Crippen LogP contribution >= 0.6 is 27.3 Å². The number of carbonyl (C=O) groups is 1. The summed E-state index contributed by atoms with van der Waals surface area (Å²) >= 11 is 4.88. The average Bonchev–Trinajstić information content (AvgIpc) is 3.19. The molecule has 0 atom stereocenters. The molecule has 0 unspecified atom stereocenters. The molecule has 3 aromatic heterocycles. The molecule has 0 bridgehead atoms. The molecule has 0 saturated carbocycles. The van der Waals surface area contributed by atoms with Crippen molar-refractivity contribution in [1.82, 2.24) is 15.0 Å². The highest BCUT2D eigenvalue weighted by Gasteiger charge is 2.23. The van der Waals surface area contributed by atoms with Gasteiger partial charge in [-0.05, 0) is 22.0 Å². The minimum atomic E-state index is -0.275. The Hall–Kier alpha value is -2.51. The van der Waals surface area contributed by atoms with Crippen LogP contribution in [0.5, 0.6) is 0 Å². The van der Waals surface area contributed by atoms with Crippen LogP contribution in [0.25, 0.3) is 21.5 Å². The number of aromatic amines is 2. The summed E-state index contributed by atoms with van der Waals surface area (Å²) in [5.41, 5.74) is 1.64. The van der Waals surface area contributed by atoms with Crippen LogP contribution in [0.4, 0.5) is 0 Å². The fourth-order valence-electron chi connectivity index (χ4n) is 2.63. The first kappa shape index (κ1) is 15.0. The molecular formula is C17H10BrN3O2S. The average molecular weight is 400 g/mol. The van der Waals surface area contributed by atoms with Crippen molar-refractivity contribution in [2.24, 2.45) is 0 Å². The summed E-state index contributed by atoms with van der Waals surface area (Å²) in [4.78, 5) is 35.9. The second-order valence-corrected chi connectivity index (χ2v) is 6.98. The van der Waals surface area contributed by atoms with E-state index < -0.39 is 0 Å². The number of aromatic nitrogens is 3. The molecule has 0 aliphatic carbocycles. The molecule has 3 heterocycles. The van der Waals surface area contributed by atoms with E-state index >= 15 is 0 Å². The Labute approximate surface area is 148 Å². The molecule has 0 radical (unpaired) electrons. The Morgan fingerprint density at radius 1 is 1.21 bits per heavy atom. The lowest BCUT2D eigenvalue weighted by molar-refractivity contribution is 0.103. The predicted molar refractivity (Wildman–Crippen MR) is 97.6 cm³/mol. The van der Waals surface area contributed by atoms with Crippen LogP contribution in [-0.2, 0) is 0 Å². The van der Waals surface area contributed by atoms with E-state index in [0.717, 1.165) is 9.35 Å². The number of fused-ring (bicyclic) bond motifs is 1. The Balaban J connectivity index is 2.04. The number of nitrogens with one attached hydrogen (secondary N) is 2. The van der Waals surface area contributed by atoms with Gasteiger partial charge in [-0.3, -0.25) is 9.59 Å². The molecule has 0 spiro atoms. The van der Waals surface area contributed by atoms with Gasteiger partial charge in [-0.2, -0.15) is 0 Å². The molecule has 5 nitrogen and oxygen atoms in total. The topological polar surface area (TPSA) is 78.6 Å². The number of hydrogen-bond acceptors (Lipinski definition) is 4. The molecule has 118 valence electrons. The summed E-state index contributed by atoms with van der Waals surface area (Å²) in [5.74, 6) is -0.174. The van der Waals surface area contributed by atoms with E-state index in [-0.39, 0.29) is 11.3 Å². The number of hydrogen-bond donors (Lipinski definition) is 2. The van der Waals surface area contributed by atoms with E-state index in [9.17, 15) is 9.59 Å². The first-order chi connectivity index (χ1) is 11.6. The van der Waals surface area contributed by atoms with Gasteiger partial charge in [-0.1, -0.05) is 30.3 Å². The van der Waals surface area contributed by atoms with E-state index in [1.807, 2.05) is 29.6 Å². The van der Waals surface area contributed by atoms with E-state index in [4.69, 9.17) is 0 Å². The van der Waals surface area contributed by atoms with E-state index in [0.29, 0.717) is 27.9 Å². The molecule has 4 aromatic rings. The Kier molecular flexibility index (Phi) is 3.66. The number of rotatable bonds is 3. The van der Waals surface area contributed by atoms with Gasteiger partial charge in [0.1, 0.15) is 5.65 Å². The Morgan fingerprint density at radius 2 is 2.00 bits per heavy atom. The monoisotopic (exact) mass is 399 g/mol. The maximum atomic E-state index is 12.9. The molecule has 0 aliphatic rings. The van der Waals surface area contributed by atoms with Gasteiger partial charge in [-0.15, -0.1) is 11.3 Å². The second-order valence-electron chi connectivity index (χ2n) is 5.15. The number of carbonyl (C=O) groups excluding carboxylic acids is 1. The molecule has 4 rings (SSSR count). The molecule has 1 aromatic carbocycles. The molecule has 0 aliphatic heterocycles. The number of benzene rings is 1. The maximum Gasteiger partial charge on any atom is 0.260 e. The minimum absolute atomic E-state index is 0.174. The van der Waals surface area contributed by atoms with Gasteiger partial charge in [0, 0.05) is 25.9 Å². The third-order valence-corrected chi connectivity index (χ3v) is 5.38. The first-order valence-electron chi connectivity index (χ1n) is 7.08. The zero-order chi connectivity index (χ0) is 16.7. The fraction of sp³-hybridized carbons (Fsp3) is 0. The first-order valence-corrected chi connectivity index (χ1v) is 8.76. The Bertz CT molecular complexity index is 1110. The van der Waals surface area contributed by atoms with Crippen molar-refractivity contribution in [2.75, 3.05) is 0 Å².